The van der Waals surface area contributed by atoms with Crippen LogP contribution >= 0.6 is 24.0 Å². The van der Waals surface area contributed by atoms with Gasteiger partial charge in [-0.3, -0.25) is 9.20 Å². The van der Waals surface area contributed by atoms with Gasteiger partial charge >= 0.3 is 0 Å². The topological polar surface area (TPSA) is 53.5 Å². The Balaban J connectivity index is 0.00000210. The van der Waals surface area contributed by atoms with Gasteiger partial charge in [-0.2, -0.15) is 0 Å². The molecule has 2 N–H and O–H groups in total. The van der Waals surface area contributed by atoms with E-state index in [4.69, 9.17) is 0 Å². The summed E-state index contributed by atoms with van der Waals surface area (Å²) in [6, 6.07) is 9.32. The van der Waals surface area contributed by atoms with Gasteiger partial charge in [-0.05, 0) is 54.6 Å². The van der Waals surface area contributed by atoms with E-state index in [1.54, 1.807) is 11.1 Å². The van der Waals surface area contributed by atoms with Crippen LogP contribution in [0.4, 0.5) is 0 Å². The number of hydrogen-bond acceptors (Lipinski definition) is 2. The molecule has 0 radical (unpaired) electrons. The first-order valence-electron chi connectivity index (χ1n) is 10.1. The Bertz CT molecular complexity index is 710. The van der Waals surface area contributed by atoms with Crippen LogP contribution in [0.1, 0.15) is 49.7 Å². The molecule has 4 rings (SSSR count). The summed E-state index contributed by atoms with van der Waals surface area (Å²) in [7, 11) is 1.17. The van der Waals surface area contributed by atoms with Gasteiger partial charge in [0.25, 0.3) is 0 Å². The average Bonchev–Trinajstić information content (AvgIpc) is 3.22. The molecule has 0 aliphatic heterocycles. The summed E-state index contributed by atoms with van der Waals surface area (Å²) in [5.74, 6) is 4.01. The van der Waals surface area contributed by atoms with Crippen LogP contribution in [0, 0.1) is 11.8 Å². The van der Waals surface area contributed by atoms with Gasteiger partial charge in [-0.15, -0.1) is 24.0 Å². The molecule has 6 unspecified atom stereocenters. The lowest BCUT2D eigenvalue weighted by Crippen LogP contribution is -2.47. The number of nitrogens with one attached hydrogen (secondary N) is 2. The van der Waals surface area contributed by atoms with Gasteiger partial charge in [0.05, 0.1) is 0 Å². The molecule has 1 aromatic rings. The van der Waals surface area contributed by atoms with E-state index in [0.29, 0.717) is 11.3 Å². The maximum Gasteiger partial charge on any atom is 0.191 e. The van der Waals surface area contributed by atoms with Crippen molar-refractivity contribution in [2.45, 2.75) is 56.2 Å². The fraction of sp³-hybridized carbons (Fsp3) is 0.667. The van der Waals surface area contributed by atoms with Gasteiger partial charge in [0, 0.05) is 41.4 Å². The van der Waals surface area contributed by atoms with Crippen molar-refractivity contribution in [3.05, 3.63) is 35.4 Å². The Kier molecular flexibility index (Phi) is 7.22. The van der Waals surface area contributed by atoms with E-state index in [-0.39, 0.29) is 24.0 Å². The largest absolute Gasteiger partial charge is 0.356 e. The zero-order chi connectivity index (χ0) is 18.1. The van der Waals surface area contributed by atoms with Crippen molar-refractivity contribution in [3.8, 4) is 0 Å². The molecule has 0 saturated heterocycles. The first-order valence-corrected chi connectivity index (χ1v) is 11.5. The van der Waals surface area contributed by atoms with Crippen LogP contribution < -0.4 is 10.6 Å². The van der Waals surface area contributed by atoms with Gasteiger partial charge in [-0.1, -0.05) is 37.6 Å². The van der Waals surface area contributed by atoms with Crippen molar-refractivity contribution in [3.63, 3.8) is 0 Å². The van der Waals surface area contributed by atoms with Crippen molar-refractivity contribution >= 4 is 40.7 Å². The third kappa shape index (κ3) is 4.52. The summed E-state index contributed by atoms with van der Waals surface area (Å²) in [4.78, 5) is 4.43. The number of benzene rings is 1. The molecule has 150 valence electrons. The van der Waals surface area contributed by atoms with Crippen LogP contribution in [0.5, 0.6) is 0 Å². The number of rotatable bonds is 5. The van der Waals surface area contributed by atoms with Gasteiger partial charge in [-0.25, -0.2) is 0 Å². The molecule has 27 heavy (non-hydrogen) atoms. The summed E-state index contributed by atoms with van der Waals surface area (Å²) in [6.07, 6.45) is 5.67. The third-order valence-electron chi connectivity index (χ3n) is 6.55. The molecular formula is C21H32IN3OS. The van der Waals surface area contributed by atoms with Crippen molar-refractivity contribution in [2.24, 2.45) is 16.8 Å². The first kappa shape index (κ1) is 21.1. The number of halogens is 1. The Morgan fingerprint density at radius 2 is 2.11 bits per heavy atom. The van der Waals surface area contributed by atoms with Crippen LogP contribution in [-0.4, -0.2) is 40.8 Å². The van der Waals surface area contributed by atoms with E-state index in [0.717, 1.165) is 61.7 Å². The number of aliphatic imine (C=N–C) groups is 1. The Hall–Kier alpha value is -0.630. The molecule has 3 aliphatic rings. The zero-order valence-corrected chi connectivity index (χ0v) is 19.5. The fourth-order valence-electron chi connectivity index (χ4n) is 5.12. The van der Waals surface area contributed by atoms with Crippen molar-refractivity contribution in [1.29, 1.82) is 0 Å². The molecule has 3 aliphatic carbocycles. The molecule has 4 nitrogen and oxygen atoms in total. The van der Waals surface area contributed by atoms with Gasteiger partial charge in [0.15, 0.2) is 5.96 Å². The molecule has 6 heteroatoms. The molecule has 2 saturated carbocycles. The summed E-state index contributed by atoms with van der Waals surface area (Å²) in [5.41, 5.74) is 3.13. The minimum absolute atomic E-state index is 0. The lowest BCUT2D eigenvalue weighted by molar-refractivity contribution is 0.413. The summed E-state index contributed by atoms with van der Waals surface area (Å²) < 4.78 is 12.1. The first-order chi connectivity index (χ1) is 12.7. The second kappa shape index (κ2) is 9.25. The Morgan fingerprint density at radius 3 is 2.89 bits per heavy atom. The molecule has 1 aromatic carbocycles. The normalized spacial score (nSPS) is 32.7. The predicted octanol–water partition coefficient (Wildman–Crippen LogP) is 3.44. The lowest BCUT2D eigenvalue weighted by Gasteiger charge is -2.30. The average molecular weight is 501 g/mol. The van der Waals surface area contributed by atoms with Gasteiger partial charge < -0.3 is 10.6 Å². The number of guanidine groups is 1. The molecule has 2 fully saturated rings. The van der Waals surface area contributed by atoms with Crippen LogP contribution in [0.25, 0.3) is 0 Å². The van der Waals surface area contributed by atoms with Crippen molar-refractivity contribution < 1.29 is 4.21 Å². The Labute approximate surface area is 182 Å². The van der Waals surface area contributed by atoms with E-state index < -0.39 is 10.8 Å². The van der Waals surface area contributed by atoms with E-state index >= 15 is 0 Å². The minimum atomic E-state index is -0.677. The summed E-state index contributed by atoms with van der Waals surface area (Å²) >= 11 is 0. The van der Waals surface area contributed by atoms with E-state index in [2.05, 4.69) is 39.9 Å². The Morgan fingerprint density at radius 1 is 1.30 bits per heavy atom. The molecule has 0 aromatic heterocycles. The van der Waals surface area contributed by atoms with E-state index in [9.17, 15) is 4.21 Å². The minimum Gasteiger partial charge on any atom is -0.356 e. The lowest BCUT2D eigenvalue weighted by atomic mass is 9.95. The van der Waals surface area contributed by atoms with Crippen LogP contribution in [0.2, 0.25) is 0 Å². The van der Waals surface area contributed by atoms with Gasteiger partial charge in [0.2, 0.25) is 0 Å². The molecule has 0 amide bonds. The van der Waals surface area contributed by atoms with Gasteiger partial charge in [0.1, 0.15) is 0 Å². The number of hydrogen-bond donors (Lipinski definition) is 2. The summed E-state index contributed by atoms with van der Waals surface area (Å²) in [5, 5.41) is 7.50. The quantitative estimate of drug-likeness (QED) is 0.370. The van der Waals surface area contributed by atoms with Crippen LogP contribution in [0.3, 0.4) is 0 Å². The molecule has 0 heterocycles. The van der Waals surface area contributed by atoms with E-state index in [1.807, 2.05) is 14.0 Å². The van der Waals surface area contributed by atoms with E-state index in [1.165, 1.54) is 6.42 Å². The van der Waals surface area contributed by atoms with Crippen molar-refractivity contribution in [1.82, 2.24) is 10.6 Å². The molecule has 0 bridgehead atoms. The third-order valence-corrected chi connectivity index (χ3v) is 8.29. The molecule has 0 spiro atoms. The highest BCUT2D eigenvalue weighted by Gasteiger charge is 2.54. The highest BCUT2D eigenvalue weighted by Crippen LogP contribution is 2.60. The van der Waals surface area contributed by atoms with Crippen molar-refractivity contribution in [2.75, 3.05) is 19.3 Å². The van der Waals surface area contributed by atoms with Crippen LogP contribution in [-0.2, 0) is 17.2 Å². The second-order valence-corrected chi connectivity index (χ2v) is 10.0. The smallest absolute Gasteiger partial charge is 0.191 e. The van der Waals surface area contributed by atoms with Crippen LogP contribution in [0.15, 0.2) is 29.3 Å². The SMILES string of the molecule is CCS(=O)C1CCCC(NC(=NC)NCC2C3Cc4ccccc4C23)C1.I. The number of nitrogens with zero attached hydrogens (tertiary/aromatic N) is 1. The number of fused-ring (bicyclic) bond motifs is 3. The molecule has 6 atom stereocenters. The second-order valence-electron chi connectivity index (χ2n) is 8.01. The standard InChI is InChI=1S/C21H31N3OS.HI/c1-3-26(25)16-9-6-8-15(12-16)24-21(22-2)23-13-19-18-11-14-7-4-5-10-17(14)20(18)19;/h4-5,7,10,15-16,18-20H,3,6,8-9,11-13H2,1-2H3,(H2,22,23,24);1H. The maximum atomic E-state index is 12.1. The monoisotopic (exact) mass is 501 g/mol. The predicted molar refractivity (Wildman–Crippen MR) is 125 cm³/mol. The zero-order valence-electron chi connectivity index (χ0n) is 16.3. The summed E-state index contributed by atoms with van der Waals surface area (Å²) in [6.45, 7) is 3.03. The highest BCUT2D eigenvalue weighted by molar-refractivity contribution is 14.0. The highest BCUT2D eigenvalue weighted by atomic mass is 127. The fourth-order valence-corrected chi connectivity index (χ4v) is 6.46. The maximum absolute atomic E-state index is 12.1. The molecular weight excluding hydrogens is 469 g/mol.